The molecule has 1 fully saturated rings. The Bertz CT molecular complexity index is 735. The van der Waals surface area contributed by atoms with E-state index in [1.165, 1.54) is 0 Å². The van der Waals surface area contributed by atoms with Gasteiger partial charge in [-0.05, 0) is 38.3 Å². The first-order valence-corrected chi connectivity index (χ1v) is 8.67. The van der Waals surface area contributed by atoms with Gasteiger partial charge in [0.2, 0.25) is 11.8 Å². The Labute approximate surface area is 142 Å². The molecule has 0 spiro atoms. The fraction of sp³-hybridized carbons (Fsp3) is 0.474. The molecule has 0 unspecified atom stereocenters. The molecule has 0 saturated carbocycles. The summed E-state index contributed by atoms with van der Waals surface area (Å²) in [6, 6.07) is 8.14. The fourth-order valence-electron chi connectivity index (χ4n) is 3.37. The van der Waals surface area contributed by atoms with Gasteiger partial charge in [0.25, 0.3) is 0 Å². The number of aromatic nitrogens is 1. The van der Waals surface area contributed by atoms with Crippen molar-refractivity contribution in [3.8, 4) is 0 Å². The van der Waals surface area contributed by atoms with E-state index in [1.807, 2.05) is 49.2 Å². The molecule has 1 aliphatic rings. The minimum atomic E-state index is -0.0898. The van der Waals surface area contributed by atoms with Crippen molar-refractivity contribution in [1.82, 2.24) is 15.2 Å². The summed E-state index contributed by atoms with van der Waals surface area (Å²) in [7, 11) is 0. The number of aromatic amines is 1. The second kappa shape index (κ2) is 7.07. The lowest BCUT2D eigenvalue weighted by molar-refractivity contribution is -0.135. The van der Waals surface area contributed by atoms with Crippen molar-refractivity contribution in [2.45, 2.75) is 39.2 Å². The van der Waals surface area contributed by atoms with Gasteiger partial charge in [-0.3, -0.25) is 9.59 Å². The Kier molecular flexibility index (Phi) is 4.88. The summed E-state index contributed by atoms with van der Waals surface area (Å²) in [4.78, 5) is 29.9. The Morgan fingerprint density at radius 2 is 2.12 bits per heavy atom. The zero-order valence-electron chi connectivity index (χ0n) is 14.3. The van der Waals surface area contributed by atoms with Crippen LogP contribution >= 0.6 is 0 Å². The van der Waals surface area contributed by atoms with Crippen molar-refractivity contribution in [3.05, 3.63) is 36.0 Å². The minimum Gasteiger partial charge on any atom is -0.361 e. The summed E-state index contributed by atoms with van der Waals surface area (Å²) in [6.07, 6.45) is 4.03. The molecule has 2 aromatic rings. The Hall–Kier alpha value is -2.30. The molecule has 5 heteroatoms. The smallest absolute Gasteiger partial charge is 0.227 e. The summed E-state index contributed by atoms with van der Waals surface area (Å²) in [5.41, 5.74) is 2.07. The second-order valence-corrected chi connectivity index (χ2v) is 6.88. The molecule has 0 radical (unpaired) electrons. The highest BCUT2D eigenvalue weighted by molar-refractivity contribution is 5.89. The number of carbonyl (C=O) groups excluding carboxylic acids is 2. The SMILES string of the molecule is CC(C)NC(=O)[C@H]1CCCN(C(=O)Cc2c[nH]c3ccccc23)C1. The number of rotatable bonds is 4. The van der Waals surface area contributed by atoms with Crippen LogP contribution in [0, 0.1) is 5.92 Å². The molecule has 2 heterocycles. The Balaban J connectivity index is 1.65. The number of piperidine rings is 1. The standard InChI is InChI=1S/C19H25N3O2/c1-13(2)21-19(24)14-6-5-9-22(12-14)18(23)10-15-11-20-17-8-4-3-7-16(15)17/h3-4,7-8,11,13-14,20H,5-6,9-10,12H2,1-2H3,(H,21,24)/t14-/m0/s1. The molecular formula is C19H25N3O2. The molecule has 1 aliphatic heterocycles. The number of carbonyl (C=O) groups is 2. The first-order valence-electron chi connectivity index (χ1n) is 8.67. The van der Waals surface area contributed by atoms with Crippen molar-refractivity contribution in [1.29, 1.82) is 0 Å². The van der Waals surface area contributed by atoms with Crippen molar-refractivity contribution >= 4 is 22.7 Å². The third kappa shape index (κ3) is 3.61. The third-order valence-corrected chi connectivity index (χ3v) is 4.59. The highest BCUT2D eigenvalue weighted by Crippen LogP contribution is 2.21. The minimum absolute atomic E-state index is 0.0644. The molecule has 2 amide bonds. The van der Waals surface area contributed by atoms with E-state index in [0.29, 0.717) is 13.0 Å². The lowest BCUT2D eigenvalue weighted by atomic mass is 9.96. The number of nitrogens with one attached hydrogen (secondary N) is 2. The number of H-pyrrole nitrogens is 1. The Morgan fingerprint density at radius 1 is 1.33 bits per heavy atom. The molecule has 24 heavy (non-hydrogen) atoms. The van der Waals surface area contributed by atoms with Crippen LogP contribution in [0.5, 0.6) is 0 Å². The normalized spacial score (nSPS) is 18.1. The maximum Gasteiger partial charge on any atom is 0.227 e. The lowest BCUT2D eigenvalue weighted by Gasteiger charge is -2.32. The van der Waals surface area contributed by atoms with Crippen LogP contribution in [-0.2, 0) is 16.0 Å². The molecule has 5 nitrogen and oxygen atoms in total. The fourth-order valence-corrected chi connectivity index (χ4v) is 3.37. The van der Waals surface area contributed by atoms with Gasteiger partial charge in [-0.2, -0.15) is 0 Å². The summed E-state index contributed by atoms with van der Waals surface area (Å²) in [5, 5.41) is 4.05. The maximum absolute atomic E-state index is 12.7. The molecule has 128 valence electrons. The van der Waals surface area contributed by atoms with Gasteiger partial charge in [0.05, 0.1) is 12.3 Å². The number of benzene rings is 1. The van der Waals surface area contributed by atoms with E-state index in [9.17, 15) is 9.59 Å². The average molecular weight is 327 g/mol. The van der Waals surface area contributed by atoms with Crippen LogP contribution in [0.3, 0.4) is 0 Å². The van der Waals surface area contributed by atoms with Crippen molar-refractivity contribution in [3.63, 3.8) is 0 Å². The van der Waals surface area contributed by atoms with E-state index < -0.39 is 0 Å². The van der Waals surface area contributed by atoms with E-state index in [1.54, 1.807) is 0 Å². The molecule has 1 aromatic heterocycles. The highest BCUT2D eigenvalue weighted by Gasteiger charge is 2.28. The van der Waals surface area contributed by atoms with Crippen LogP contribution in [-0.4, -0.2) is 40.8 Å². The quantitative estimate of drug-likeness (QED) is 0.906. The summed E-state index contributed by atoms with van der Waals surface area (Å²) >= 11 is 0. The van der Waals surface area contributed by atoms with Gasteiger partial charge in [0, 0.05) is 36.2 Å². The van der Waals surface area contributed by atoms with Crippen LogP contribution in [0.4, 0.5) is 0 Å². The van der Waals surface area contributed by atoms with Crippen molar-refractivity contribution < 1.29 is 9.59 Å². The molecule has 0 aliphatic carbocycles. The van der Waals surface area contributed by atoms with Gasteiger partial charge in [-0.25, -0.2) is 0 Å². The van der Waals surface area contributed by atoms with Crippen LogP contribution in [0.2, 0.25) is 0 Å². The van der Waals surface area contributed by atoms with Gasteiger partial charge in [0.1, 0.15) is 0 Å². The number of hydrogen-bond acceptors (Lipinski definition) is 2. The molecule has 1 atom stereocenters. The van der Waals surface area contributed by atoms with Gasteiger partial charge < -0.3 is 15.2 Å². The monoisotopic (exact) mass is 327 g/mol. The summed E-state index contributed by atoms with van der Waals surface area (Å²) in [5.74, 6) is 0.0736. The highest BCUT2D eigenvalue weighted by atomic mass is 16.2. The van der Waals surface area contributed by atoms with Gasteiger partial charge in [-0.1, -0.05) is 18.2 Å². The first kappa shape index (κ1) is 16.6. The van der Waals surface area contributed by atoms with Crippen LogP contribution in [0.1, 0.15) is 32.3 Å². The predicted molar refractivity (Wildman–Crippen MR) is 94.6 cm³/mol. The largest absolute Gasteiger partial charge is 0.361 e. The Morgan fingerprint density at radius 3 is 2.92 bits per heavy atom. The molecule has 1 aromatic carbocycles. The molecule has 2 N–H and O–H groups in total. The zero-order chi connectivity index (χ0) is 17.1. The topological polar surface area (TPSA) is 65.2 Å². The number of hydrogen-bond donors (Lipinski definition) is 2. The van der Waals surface area contributed by atoms with Crippen LogP contribution < -0.4 is 5.32 Å². The summed E-state index contributed by atoms with van der Waals surface area (Å²) in [6.45, 7) is 5.19. The predicted octanol–water partition coefficient (Wildman–Crippen LogP) is 2.47. The van der Waals surface area contributed by atoms with Crippen LogP contribution in [0.15, 0.2) is 30.5 Å². The molecule has 0 bridgehead atoms. The molecule has 1 saturated heterocycles. The van der Waals surface area contributed by atoms with Gasteiger partial charge in [-0.15, -0.1) is 0 Å². The average Bonchev–Trinajstić information content (AvgIpc) is 2.97. The van der Waals surface area contributed by atoms with E-state index in [4.69, 9.17) is 0 Å². The number of nitrogens with zero attached hydrogens (tertiary/aromatic N) is 1. The number of likely N-dealkylation sites (tertiary alicyclic amines) is 1. The number of amides is 2. The van der Waals surface area contributed by atoms with Crippen molar-refractivity contribution in [2.75, 3.05) is 13.1 Å². The van der Waals surface area contributed by atoms with E-state index in [0.717, 1.165) is 35.9 Å². The second-order valence-electron chi connectivity index (χ2n) is 6.88. The third-order valence-electron chi connectivity index (χ3n) is 4.59. The first-order chi connectivity index (χ1) is 11.5. The lowest BCUT2D eigenvalue weighted by Crippen LogP contribution is -2.47. The number of para-hydroxylation sites is 1. The van der Waals surface area contributed by atoms with Gasteiger partial charge in [0.15, 0.2) is 0 Å². The van der Waals surface area contributed by atoms with Crippen molar-refractivity contribution in [2.24, 2.45) is 5.92 Å². The van der Waals surface area contributed by atoms with Gasteiger partial charge >= 0.3 is 0 Å². The zero-order valence-corrected chi connectivity index (χ0v) is 14.3. The maximum atomic E-state index is 12.7. The number of fused-ring (bicyclic) bond motifs is 1. The molecule has 3 rings (SSSR count). The molecular weight excluding hydrogens is 302 g/mol. The summed E-state index contributed by atoms with van der Waals surface area (Å²) < 4.78 is 0. The van der Waals surface area contributed by atoms with Crippen LogP contribution in [0.25, 0.3) is 10.9 Å². The van der Waals surface area contributed by atoms with E-state index in [2.05, 4.69) is 10.3 Å². The van der Waals surface area contributed by atoms with E-state index >= 15 is 0 Å². The van der Waals surface area contributed by atoms with E-state index in [-0.39, 0.29) is 23.8 Å².